The second-order valence-electron chi connectivity index (χ2n) is 4.30. The quantitative estimate of drug-likeness (QED) is 0.244. The van der Waals surface area contributed by atoms with Gasteiger partial charge in [-0.3, -0.25) is 14.9 Å². The van der Waals surface area contributed by atoms with Crippen LogP contribution in [0.2, 0.25) is 0 Å². The van der Waals surface area contributed by atoms with Crippen LogP contribution >= 0.6 is 0 Å². The van der Waals surface area contributed by atoms with Gasteiger partial charge >= 0.3 is 0 Å². The van der Waals surface area contributed by atoms with E-state index in [9.17, 15) is 10.1 Å². The van der Waals surface area contributed by atoms with Crippen LogP contribution in [0.4, 0.5) is 5.69 Å². The van der Waals surface area contributed by atoms with Gasteiger partial charge in [0, 0.05) is 24.2 Å². The van der Waals surface area contributed by atoms with Crippen molar-refractivity contribution in [2.45, 2.75) is 0 Å². The summed E-state index contributed by atoms with van der Waals surface area (Å²) in [6.07, 6.45) is 6.53. The van der Waals surface area contributed by atoms with Crippen LogP contribution in [0.3, 0.4) is 0 Å². The van der Waals surface area contributed by atoms with Crippen LogP contribution in [0, 0.1) is 10.1 Å². The molecule has 0 saturated carbocycles. The van der Waals surface area contributed by atoms with Crippen molar-refractivity contribution in [3.8, 4) is 5.69 Å². The second kappa shape index (κ2) is 9.94. The zero-order valence-corrected chi connectivity index (χ0v) is 13.0. The number of carboxylic acid groups (broad SMARTS) is 1. The molecule has 1 heterocycles. The zero-order chi connectivity index (χ0) is 18.7. The molecule has 0 fully saturated rings. The Morgan fingerprint density at radius 1 is 1.24 bits per heavy atom. The Bertz CT molecular complexity index is 806. The predicted octanol–water partition coefficient (Wildman–Crippen LogP) is 1.36. The van der Waals surface area contributed by atoms with Crippen LogP contribution in [0.5, 0.6) is 0 Å². The van der Waals surface area contributed by atoms with Crippen LogP contribution in [0.15, 0.2) is 58.9 Å². The summed E-state index contributed by atoms with van der Waals surface area (Å²) in [4.78, 5) is 19.1. The molecule has 130 valence electrons. The summed E-state index contributed by atoms with van der Waals surface area (Å²) < 4.78 is 1.71. The fraction of sp³-hybridized carbons (Fsp3) is 0. The summed E-state index contributed by atoms with van der Waals surface area (Å²) in [5.41, 5.74) is 11.5. The molecule has 0 amide bonds. The van der Waals surface area contributed by atoms with E-state index in [-0.39, 0.29) is 18.1 Å². The Morgan fingerprint density at radius 2 is 1.92 bits per heavy atom. The molecule has 0 aliphatic carbocycles. The summed E-state index contributed by atoms with van der Waals surface area (Å²) in [6, 6.07) is 10.1. The number of guanidine groups is 1. The average molecular weight is 344 g/mol. The SMILES string of the molecule is NC(N)=NN=CC=Cc1cccn1-c1ccccc1[N+](=O)[O-].O=CO. The molecule has 2 aromatic rings. The van der Waals surface area contributed by atoms with Crippen molar-refractivity contribution in [1.29, 1.82) is 0 Å². The number of para-hydroxylation sites is 2. The molecular weight excluding hydrogens is 328 g/mol. The fourth-order valence-electron chi connectivity index (χ4n) is 1.85. The maximum Gasteiger partial charge on any atom is 0.293 e. The Kier molecular flexibility index (Phi) is 7.60. The number of nitro groups is 1. The van der Waals surface area contributed by atoms with E-state index in [0.29, 0.717) is 5.69 Å². The number of hydrogen-bond donors (Lipinski definition) is 3. The molecule has 1 aromatic heterocycles. The molecule has 0 atom stereocenters. The number of nitro benzene ring substituents is 1. The van der Waals surface area contributed by atoms with E-state index in [1.54, 1.807) is 47.2 Å². The third-order valence-corrected chi connectivity index (χ3v) is 2.71. The number of nitrogens with zero attached hydrogens (tertiary/aromatic N) is 4. The van der Waals surface area contributed by atoms with Crippen LogP contribution in [0.25, 0.3) is 11.8 Å². The number of nitrogens with two attached hydrogens (primary N) is 2. The smallest absolute Gasteiger partial charge is 0.293 e. The van der Waals surface area contributed by atoms with Gasteiger partial charge in [0.1, 0.15) is 5.69 Å². The lowest BCUT2D eigenvalue weighted by molar-refractivity contribution is -0.384. The minimum atomic E-state index is -0.414. The van der Waals surface area contributed by atoms with Gasteiger partial charge < -0.3 is 21.1 Å². The molecule has 0 unspecified atom stereocenters. The molecule has 10 nitrogen and oxygen atoms in total. The number of aromatic nitrogens is 1. The Hall–Kier alpha value is -3.95. The van der Waals surface area contributed by atoms with Crippen LogP contribution in [-0.4, -0.2) is 33.2 Å². The number of carbonyl (C=O) groups is 1. The lowest BCUT2D eigenvalue weighted by Gasteiger charge is -2.06. The third-order valence-electron chi connectivity index (χ3n) is 2.71. The molecule has 5 N–H and O–H groups in total. The first kappa shape index (κ1) is 19.1. The first-order valence-electron chi connectivity index (χ1n) is 6.79. The van der Waals surface area contributed by atoms with E-state index < -0.39 is 4.92 Å². The monoisotopic (exact) mass is 344 g/mol. The number of hydrogen-bond acceptors (Lipinski definition) is 5. The lowest BCUT2D eigenvalue weighted by atomic mass is 10.2. The van der Waals surface area contributed by atoms with Crippen molar-refractivity contribution in [2.75, 3.05) is 0 Å². The fourth-order valence-corrected chi connectivity index (χ4v) is 1.85. The molecule has 2 rings (SSSR count). The summed E-state index contributed by atoms with van der Waals surface area (Å²) >= 11 is 0. The molecular formula is C15H16N6O4. The van der Waals surface area contributed by atoms with Gasteiger partial charge in [0.25, 0.3) is 12.2 Å². The van der Waals surface area contributed by atoms with Crippen molar-refractivity contribution < 1.29 is 14.8 Å². The molecule has 1 aromatic carbocycles. The molecule has 0 spiro atoms. The highest BCUT2D eigenvalue weighted by molar-refractivity contribution is 5.80. The minimum Gasteiger partial charge on any atom is -0.483 e. The summed E-state index contributed by atoms with van der Waals surface area (Å²) in [7, 11) is 0. The van der Waals surface area contributed by atoms with E-state index in [1.807, 2.05) is 6.07 Å². The van der Waals surface area contributed by atoms with Crippen molar-refractivity contribution >= 4 is 30.4 Å². The molecule has 25 heavy (non-hydrogen) atoms. The van der Waals surface area contributed by atoms with Crippen LogP contribution in [-0.2, 0) is 4.79 Å². The molecule has 0 aliphatic rings. The minimum absolute atomic E-state index is 0.0301. The van der Waals surface area contributed by atoms with Gasteiger partial charge in [-0.1, -0.05) is 12.1 Å². The number of benzene rings is 1. The third kappa shape index (κ3) is 5.98. The van der Waals surface area contributed by atoms with Crippen molar-refractivity contribution in [1.82, 2.24) is 4.57 Å². The highest BCUT2D eigenvalue weighted by Gasteiger charge is 2.14. The topological polar surface area (TPSA) is 162 Å². The van der Waals surface area contributed by atoms with E-state index in [0.717, 1.165) is 5.69 Å². The van der Waals surface area contributed by atoms with E-state index in [4.69, 9.17) is 21.4 Å². The maximum atomic E-state index is 11.1. The Labute approximate surface area is 142 Å². The van der Waals surface area contributed by atoms with Gasteiger partial charge in [-0.25, -0.2) is 0 Å². The van der Waals surface area contributed by atoms with Gasteiger partial charge in [-0.05, 0) is 30.4 Å². The van der Waals surface area contributed by atoms with E-state index in [1.165, 1.54) is 12.3 Å². The maximum absolute atomic E-state index is 11.1. The van der Waals surface area contributed by atoms with Gasteiger partial charge in [-0.2, -0.15) is 5.10 Å². The number of allylic oxidation sites excluding steroid dienone is 1. The van der Waals surface area contributed by atoms with Crippen molar-refractivity contribution in [3.05, 3.63) is 64.5 Å². The Morgan fingerprint density at radius 3 is 2.56 bits per heavy atom. The molecule has 0 radical (unpaired) electrons. The molecule has 0 bridgehead atoms. The standard InChI is InChI=1S/C14H14N6O2.CH2O2/c15-14(16)18-17-9-3-5-11-6-4-10-19(11)12-7-1-2-8-13(12)20(21)22;2-1-3/h1-10H,(H4,15,16,18);1H,(H,2,3). The number of rotatable bonds is 5. The van der Waals surface area contributed by atoms with Crippen molar-refractivity contribution in [3.63, 3.8) is 0 Å². The summed E-state index contributed by atoms with van der Waals surface area (Å²) in [5.74, 6) is -0.132. The predicted molar refractivity (Wildman–Crippen MR) is 94.5 cm³/mol. The van der Waals surface area contributed by atoms with E-state index >= 15 is 0 Å². The molecule has 10 heteroatoms. The zero-order valence-electron chi connectivity index (χ0n) is 13.0. The van der Waals surface area contributed by atoms with Crippen LogP contribution < -0.4 is 11.5 Å². The van der Waals surface area contributed by atoms with E-state index in [2.05, 4.69) is 10.2 Å². The van der Waals surface area contributed by atoms with Gasteiger partial charge in [0.05, 0.1) is 4.92 Å². The molecule has 0 aliphatic heterocycles. The first-order chi connectivity index (χ1) is 12.0. The second-order valence-corrected chi connectivity index (χ2v) is 4.30. The summed E-state index contributed by atoms with van der Waals surface area (Å²) in [6.45, 7) is -0.250. The van der Waals surface area contributed by atoms with Crippen molar-refractivity contribution in [2.24, 2.45) is 21.7 Å². The largest absolute Gasteiger partial charge is 0.483 e. The highest BCUT2D eigenvalue weighted by atomic mass is 16.6. The van der Waals surface area contributed by atoms with Gasteiger partial charge in [0.2, 0.25) is 5.96 Å². The highest BCUT2D eigenvalue weighted by Crippen LogP contribution is 2.24. The lowest BCUT2D eigenvalue weighted by Crippen LogP contribution is -2.21. The van der Waals surface area contributed by atoms with Gasteiger partial charge in [-0.15, -0.1) is 5.10 Å². The molecule has 0 saturated heterocycles. The first-order valence-corrected chi connectivity index (χ1v) is 6.79. The normalized spacial score (nSPS) is 10.2. The van der Waals surface area contributed by atoms with Crippen LogP contribution in [0.1, 0.15) is 5.69 Å². The summed E-state index contributed by atoms with van der Waals surface area (Å²) in [5, 5.41) is 25.1. The van der Waals surface area contributed by atoms with Gasteiger partial charge in [0.15, 0.2) is 0 Å². The average Bonchev–Trinajstić information content (AvgIpc) is 3.03. The Balaban J connectivity index is 0.000000970.